The molecule has 9 heteroatoms. The second-order valence-corrected chi connectivity index (χ2v) is 8.28. The molecule has 0 bridgehead atoms. The quantitative estimate of drug-likeness (QED) is 0.542. The fourth-order valence-corrected chi connectivity index (χ4v) is 3.68. The Hall–Kier alpha value is -2.32. The van der Waals surface area contributed by atoms with Crippen LogP contribution in [0.2, 0.25) is 10.0 Å². The number of fused-ring (bicyclic) bond motifs is 1. The average Bonchev–Trinajstić information content (AvgIpc) is 2.76. The van der Waals surface area contributed by atoms with Crippen molar-refractivity contribution in [3.05, 3.63) is 46.7 Å². The molecule has 0 aliphatic carbocycles. The van der Waals surface area contributed by atoms with Gasteiger partial charge >= 0.3 is 0 Å². The Morgan fingerprint density at radius 1 is 1.13 bits per heavy atom. The minimum Gasteiger partial charge on any atom is -0.493 e. The maximum absolute atomic E-state index is 6.13. The summed E-state index contributed by atoms with van der Waals surface area (Å²) in [5, 5.41) is 8.43. The van der Waals surface area contributed by atoms with Gasteiger partial charge in [-0.05, 0) is 38.1 Å². The van der Waals surface area contributed by atoms with Crippen LogP contribution in [0.15, 0.2) is 36.7 Å². The van der Waals surface area contributed by atoms with Gasteiger partial charge in [-0.2, -0.15) is 0 Å². The SMILES string of the molecule is COc1cc2c(Nc3ccc(Cl)c(Cl)c3)ncnc2cc1OC[C@H]1CN[C@@H](C)[C@H](C)O1. The van der Waals surface area contributed by atoms with E-state index >= 15 is 0 Å². The maximum atomic E-state index is 6.13. The van der Waals surface area contributed by atoms with Gasteiger partial charge in [0.25, 0.3) is 0 Å². The van der Waals surface area contributed by atoms with Crippen molar-refractivity contribution in [1.29, 1.82) is 0 Å². The van der Waals surface area contributed by atoms with Gasteiger partial charge in [0.2, 0.25) is 0 Å². The minimum absolute atomic E-state index is 0.0381. The van der Waals surface area contributed by atoms with Gasteiger partial charge in [-0.1, -0.05) is 23.2 Å². The van der Waals surface area contributed by atoms with Crippen molar-refractivity contribution >= 4 is 45.6 Å². The van der Waals surface area contributed by atoms with Gasteiger partial charge in [-0.15, -0.1) is 0 Å². The van der Waals surface area contributed by atoms with E-state index in [0.29, 0.717) is 40.0 Å². The molecule has 3 aromatic rings. The first-order valence-corrected chi connectivity index (χ1v) is 10.8. The van der Waals surface area contributed by atoms with Crippen LogP contribution >= 0.6 is 23.2 Å². The van der Waals surface area contributed by atoms with E-state index in [9.17, 15) is 0 Å². The molecule has 164 valence electrons. The monoisotopic (exact) mass is 462 g/mol. The van der Waals surface area contributed by atoms with E-state index in [2.05, 4.69) is 34.4 Å². The highest BCUT2D eigenvalue weighted by Gasteiger charge is 2.25. The summed E-state index contributed by atoms with van der Waals surface area (Å²) in [6.45, 7) is 5.31. The van der Waals surface area contributed by atoms with E-state index < -0.39 is 0 Å². The van der Waals surface area contributed by atoms with Crippen LogP contribution in [0.4, 0.5) is 11.5 Å². The van der Waals surface area contributed by atoms with Crippen LogP contribution < -0.4 is 20.1 Å². The molecule has 0 spiro atoms. The molecule has 1 aromatic heterocycles. The summed E-state index contributed by atoms with van der Waals surface area (Å²) in [5.41, 5.74) is 1.48. The molecule has 0 unspecified atom stereocenters. The zero-order valence-electron chi connectivity index (χ0n) is 17.5. The highest BCUT2D eigenvalue weighted by Crippen LogP contribution is 2.35. The van der Waals surface area contributed by atoms with E-state index in [1.54, 1.807) is 19.2 Å². The van der Waals surface area contributed by atoms with E-state index in [4.69, 9.17) is 37.4 Å². The van der Waals surface area contributed by atoms with Crippen molar-refractivity contribution in [1.82, 2.24) is 15.3 Å². The minimum atomic E-state index is -0.0381. The first-order chi connectivity index (χ1) is 14.9. The average molecular weight is 463 g/mol. The molecule has 0 saturated carbocycles. The zero-order valence-corrected chi connectivity index (χ0v) is 19.0. The predicted octanol–water partition coefficient (Wildman–Crippen LogP) is 4.83. The van der Waals surface area contributed by atoms with Crippen molar-refractivity contribution in [2.75, 3.05) is 25.6 Å². The molecule has 2 N–H and O–H groups in total. The van der Waals surface area contributed by atoms with Gasteiger partial charge in [0, 0.05) is 29.7 Å². The third-order valence-electron chi connectivity index (χ3n) is 5.31. The molecular formula is C22H24Cl2N4O3. The van der Waals surface area contributed by atoms with Crippen molar-refractivity contribution in [2.24, 2.45) is 0 Å². The van der Waals surface area contributed by atoms with Crippen molar-refractivity contribution in [3.8, 4) is 11.5 Å². The number of halogens is 2. The molecule has 1 fully saturated rings. The van der Waals surface area contributed by atoms with Crippen LogP contribution in [0.5, 0.6) is 11.5 Å². The van der Waals surface area contributed by atoms with Crippen molar-refractivity contribution < 1.29 is 14.2 Å². The summed E-state index contributed by atoms with van der Waals surface area (Å²) in [6.07, 6.45) is 1.59. The van der Waals surface area contributed by atoms with Gasteiger partial charge in [0.15, 0.2) is 11.5 Å². The third-order valence-corrected chi connectivity index (χ3v) is 6.05. The number of rotatable bonds is 6. The largest absolute Gasteiger partial charge is 0.493 e. The Bertz CT molecular complexity index is 1080. The Morgan fingerprint density at radius 3 is 2.71 bits per heavy atom. The summed E-state index contributed by atoms with van der Waals surface area (Å²) in [7, 11) is 1.60. The van der Waals surface area contributed by atoms with E-state index in [1.165, 1.54) is 6.33 Å². The van der Waals surface area contributed by atoms with E-state index in [-0.39, 0.29) is 12.2 Å². The number of morpholine rings is 1. The molecule has 2 heterocycles. The Balaban J connectivity index is 1.57. The third kappa shape index (κ3) is 4.96. The molecule has 0 amide bonds. The number of aromatic nitrogens is 2. The topological polar surface area (TPSA) is 77.5 Å². The van der Waals surface area contributed by atoms with Crippen LogP contribution in [0.1, 0.15) is 13.8 Å². The number of nitrogens with one attached hydrogen (secondary N) is 2. The van der Waals surface area contributed by atoms with Gasteiger partial charge in [-0.3, -0.25) is 0 Å². The summed E-state index contributed by atoms with van der Waals surface area (Å²) in [4.78, 5) is 8.76. The maximum Gasteiger partial charge on any atom is 0.163 e. The predicted molar refractivity (Wildman–Crippen MR) is 123 cm³/mol. The molecule has 1 aliphatic rings. The molecule has 3 atom stereocenters. The second-order valence-electron chi connectivity index (χ2n) is 7.47. The fraction of sp³-hybridized carbons (Fsp3) is 0.364. The molecule has 1 saturated heterocycles. The Kier molecular flexibility index (Phi) is 6.67. The van der Waals surface area contributed by atoms with Crippen LogP contribution in [0, 0.1) is 0 Å². The fourth-order valence-electron chi connectivity index (χ4n) is 3.38. The lowest BCUT2D eigenvalue weighted by Gasteiger charge is -2.33. The molecule has 7 nitrogen and oxygen atoms in total. The van der Waals surface area contributed by atoms with Crippen LogP contribution in [0.3, 0.4) is 0 Å². The number of benzene rings is 2. The number of nitrogens with zero attached hydrogens (tertiary/aromatic N) is 2. The first-order valence-electron chi connectivity index (χ1n) is 10.0. The Morgan fingerprint density at radius 2 is 1.97 bits per heavy atom. The van der Waals surface area contributed by atoms with Gasteiger partial charge in [-0.25, -0.2) is 9.97 Å². The molecule has 4 rings (SSSR count). The summed E-state index contributed by atoms with van der Waals surface area (Å²) >= 11 is 12.1. The number of ether oxygens (including phenoxy) is 3. The lowest BCUT2D eigenvalue weighted by atomic mass is 10.1. The summed E-state index contributed by atoms with van der Waals surface area (Å²) in [6, 6.07) is 9.33. The summed E-state index contributed by atoms with van der Waals surface area (Å²) < 4.78 is 17.6. The second kappa shape index (κ2) is 9.44. The lowest BCUT2D eigenvalue weighted by Crippen LogP contribution is -2.51. The number of hydrogen-bond acceptors (Lipinski definition) is 7. The molecule has 0 radical (unpaired) electrons. The smallest absolute Gasteiger partial charge is 0.163 e. The standard InChI is InChI=1S/C22H24Cl2N4O3/c1-12-13(2)31-15(9-25-12)10-30-21-8-19-16(7-20(21)29-3)22(27-11-26-19)28-14-4-5-17(23)18(24)6-14/h4-8,11-13,15,25H,9-10H2,1-3H3,(H,26,27,28)/t12-,13-,15+/m0/s1. The van der Waals surface area contributed by atoms with Crippen molar-refractivity contribution in [3.63, 3.8) is 0 Å². The van der Waals surface area contributed by atoms with Crippen molar-refractivity contribution in [2.45, 2.75) is 32.1 Å². The van der Waals surface area contributed by atoms with Gasteiger partial charge in [0.1, 0.15) is 24.9 Å². The molecule has 31 heavy (non-hydrogen) atoms. The molecule has 2 aromatic carbocycles. The highest BCUT2D eigenvalue weighted by molar-refractivity contribution is 6.42. The van der Waals surface area contributed by atoms with Gasteiger partial charge < -0.3 is 24.8 Å². The normalized spacial score (nSPS) is 21.1. The van der Waals surface area contributed by atoms with Gasteiger partial charge in [0.05, 0.1) is 28.8 Å². The molecule has 1 aliphatic heterocycles. The molecular weight excluding hydrogens is 439 g/mol. The number of hydrogen-bond donors (Lipinski definition) is 2. The number of anilines is 2. The van der Waals surface area contributed by atoms with Crippen LogP contribution in [-0.4, -0.2) is 48.5 Å². The highest BCUT2D eigenvalue weighted by atomic mass is 35.5. The Labute approximate surface area is 191 Å². The first kappa shape index (κ1) is 21.9. The van der Waals surface area contributed by atoms with Crippen LogP contribution in [0.25, 0.3) is 10.9 Å². The van der Waals surface area contributed by atoms with Crippen LogP contribution in [-0.2, 0) is 4.74 Å². The van der Waals surface area contributed by atoms with E-state index in [0.717, 1.165) is 23.1 Å². The van der Waals surface area contributed by atoms with E-state index in [1.807, 2.05) is 18.2 Å². The lowest BCUT2D eigenvalue weighted by molar-refractivity contribution is -0.0663. The number of methoxy groups -OCH3 is 1. The summed E-state index contributed by atoms with van der Waals surface area (Å²) in [5.74, 6) is 1.81. The zero-order chi connectivity index (χ0) is 22.0.